The van der Waals surface area contributed by atoms with Crippen molar-refractivity contribution in [2.24, 2.45) is 17.3 Å². The Morgan fingerprint density at radius 1 is 1.11 bits per heavy atom. The van der Waals surface area contributed by atoms with E-state index < -0.39 is 0 Å². The standard InChI is InChI=1S/C16H31NO/c1-13(2)14-5-7-15(8-6-14)17-11-16(12-18)9-3-4-10-16/h13-15,17-18H,3-12H2,1-2H3. The summed E-state index contributed by atoms with van der Waals surface area (Å²) in [7, 11) is 0. The van der Waals surface area contributed by atoms with Gasteiger partial charge < -0.3 is 10.4 Å². The van der Waals surface area contributed by atoms with E-state index in [0.29, 0.717) is 12.6 Å². The van der Waals surface area contributed by atoms with Gasteiger partial charge in [0.15, 0.2) is 0 Å². The second kappa shape index (κ2) is 6.38. The number of hydrogen-bond acceptors (Lipinski definition) is 2. The highest BCUT2D eigenvalue weighted by molar-refractivity contribution is 4.88. The van der Waals surface area contributed by atoms with E-state index in [9.17, 15) is 5.11 Å². The Morgan fingerprint density at radius 3 is 2.22 bits per heavy atom. The van der Waals surface area contributed by atoms with E-state index in [-0.39, 0.29) is 5.41 Å². The van der Waals surface area contributed by atoms with Crippen LogP contribution in [0.4, 0.5) is 0 Å². The summed E-state index contributed by atoms with van der Waals surface area (Å²) in [6.45, 7) is 6.14. The lowest BCUT2D eigenvalue weighted by atomic mass is 9.79. The third-order valence-corrected chi connectivity index (χ3v) is 5.48. The van der Waals surface area contributed by atoms with Crippen LogP contribution < -0.4 is 5.32 Å². The second-order valence-electron chi connectivity index (χ2n) is 7.10. The van der Waals surface area contributed by atoms with Crippen LogP contribution in [0, 0.1) is 17.3 Å². The minimum absolute atomic E-state index is 0.217. The number of aliphatic hydroxyl groups excluding tert-OH is 1. The third kappa shape index (κ3) is 3.48. The summed E-state index contributed by atoms with van der Waals surface area (Å²) in [5.41, 5.74) is 0.217. The van der Waals surface area contributed by atoms with Crippen molar-refractivity contribution in [3.8, 4) is 0 Å². The molecule has 0 aromatic rings. The van der Waals surface area contributed by atoms with Crippen molar-refractivity contribution in [3.63, 3.8) is 0 Å². The van der Waals surface area contributed by atoms with Crippen LogP contribution in [0.25, 0.3) is 0 Å². The van der Waals surface area contributed by atoms with Crippen molar-refractivity contribution in [1.29, 1.82) is 0 Å². The van der Waals surface area contributed by atoms with Gasteiger partial charge in [-0.3, -0.25) is 0 Å². The second-order valence-corrected chi connectivity index (χ2v) is 7.10. The smallest absolute Gasteiger partial charge is 0.0499 e. The Kier molecular flexibility index (Phi) is 5.08. The van der Waals surface area contributed by atoms with Crippen LogP contribution in [0.3, 0.4) is 0 Å². The molecule has 0 spiro atoms. The highest BCUT2D eigenvalue weighted by Crippen LogP contribution is 2.37. The molecule has 0 unspecified atom stereocenters. The molecule has 2 N–H and O–H groups in total. The fourth-order valence-electron chi connectivity index (χ4n) is 3.87. The first-order chi connectivity index (χ1) is 8.65. The van der Waals surface area contributed by atoms with Gasteiger partial charge in [-0.25, -0.2) is 0 Å². The zero-order valence-corrected chi connectivity index (χ0v) is 12.3. The Hall–Kier alpha value is -0.0800. The summed E-state index contributed by atoms with van der Waals surface area (Å²) in [6, 6.07) is 0.712. The molecular weight excluding hydrogens is 222 g/mol. The summed E-state index contributed by atoms with van der Waals surface area (Å²) >= 11 is 0. The van der Waals surface area contributed by atoms with Gasteiger partial charge in [0.25, 0.3) is 0 Å². The van der Waals surface area contributed by atoms with Crippen LogP contribution in [0.1, 0.15) is 65.2 Å². The molecule has 0 bridgehead atoms. The molecule has 2 nitrogen and oxygen atoms in total. The van der Waals surface area contributed by atoms with Crippen molar-refractivity contribution in [2.75, 3.05) is 13.2 Å². The molecule has 18 heavy (non-hydrogen) atoms. The summed E-state index contributed by atoms with van der Waals surface area (Å²) in [5, 5.41) is 13.4. The Labute approximate surface area is 113 Å². The van der Waals surface area contributed by atoms with Gasteiger partial charge in [-0.05, 0) is 50.4 Å². The molecule has 2 aliphatic rings. The zero-order valence-electron chi connectivity index (χ0n) is 12.3. The van der Waals surface area contributed by atoms with E-state index in [2.05, 4.69) is 19.2 Å². The van der Waals surface area contributed by atoms with E-state index in [0.717, 1.165) is 18.4 Å². The highest BCUT2D eigenvalue weighted by atomic mass is 16.3. The van der Waals surface area contributed by atoms with E-state index in [4.69, 9.17) is 0 Å². The molecular formula is C16H31NO. The Balaban J connectivity index is 1.71. The lowest BCUT2D eigenvalue weighted by molar-refractivity contribution is 0.119. The minimum atomic E-state index is 0.217. The van der Waals surface area contributed by atoms with Crippen molar-refractivity contribution < 1.29 is 5.11 Å². The first kappa shape index (κ1) is 14.3. The molecule has 0 heterocycles. The fourth-order valence-corrected chi connectivity index (χ4v) is 3.87. The van der Waals surface area contributed by atoms with E-state index in [1.54, 1.807) is 0 Å². The van der Waals surface area contributed by atoms with Crippen LogP contribution in [-0.4, -0.2) is 24.3 Å². The zero-order chi connectivity index (χ0) is 13.0. The third-order valence-electron chi connectivity index (χ3n) is 5.48. The lowest BCUT2D eigenvalue weighted by Crippen LogP contribution is -2.42. The van der Waals surface area contributed by atoms with Gasteiger partial charge in [-0.15, -0.1) is 0 Å². The number of aliphatic hydroxyl groups is 1. The number of nitrogens with one attached hydrogen (secondary N) is 1. The molecule has 106 valence electrons. The van der Waals surface area contributed by atoms with Crippen LogP contribution in [-0.2, 0) is 0 Å². The summed E-state index contributed by atoms with van der Waals surface area (Å²) < 4.78 is 0. The molecule has 2 fully saturated rings. The Bertz CT molecular complexity index is 237. The van der Waals surface area contributed by atoms with Gasteiger partial charge in [0.1, 0.15) is 0 Å². The van der Waals surface area contributed by atoms with Crippen molar-refractivity contribution in [1.82, 2.24) is 5.32 Å². The quantitative estimate of drug-likeness (QED) is 0.787. The predicted octanol–water partition coefficient (Wildman–Crippen LogP) is 3.34. The SMILES string of the molecule is CC(C)C1CCC(NCC2(CO)CCCC2)CC1. The molecule has 2 rings (SSSR count). The summed E-state index contributed by atoms with van der Waals surface area (Å²) in [6.07, 6.45) is 10.5. The molecule has 0 aromatic carbocycles. The first-order valence-electron chi connectivity index (χ1n) is 7.99. The van der Waals surface area contributed by atoms with Crippen LogP contribution in [0.15, 0.2) is 0 Å². The van der Waals surface area contributed by atoms with Gasteiger partial charge in [0.2, 0.25) is 0 Å². The van der Waals surface area contributed by atoms with E-state index >= 15 is 0 Å². The predicted molar refractivity (Wildman–Crippen MR) is 76.6 cm³/mol. The van der Waals surface area contributed by atoms with Crippen LogP contribution >= 0.6 is 0 Å². The highest BCUT2D eigenvalue weighted by Gasteiger charge is 2.34. The summed E-state index contributed by atoms with van der Waals surface area (Å²) in [4.78, 5) is 0. The van der Waals surface area contributed by atoms with Gasteiger partial charge in [0, 0.05) is 24.6 Å². The fraction of sp³-hybridized carbons (Fsp3) is 1.00. The lowest BCUT2D eigenvalue weighted by Gasteiger charge is -2.34. The average molecular weight is 253 g/mol. The van der Waals surface area contributed by atoms with Crippen molar-refractivity contribution in [2.45, 2.75) is 71.3 Å². The largest absolute Gasteiger partial charge is 0.396 e. The topological polar surface area (TPSA) is 32.3 Å². The number of rotatable bonds is 5. The molecule has 0 amide bonds. The maximum Gasteiger partial charge on any atom is 0.0499 e. The van der Waals surface area contributed by atoms with Gasteiger partial charge in [-0.1, -0.05) is 26.7 Å². The molecule has 0 atom stereocenters. The normalized spacial score (nSPS) is 32.0. The molecule has 2 heteroatoms. The van der Waals surface area contributed by atoms with Gasteiger partial charge in [0.05, 0.1) is 0 Å². The average Bonchev–Trinajstić information content (AvgIpc) is 2.86. The molecule has 2 aliphatic carbocycles. The maximum absolute atomic E-state index is 9.62. The summed E-state index contributed by atoms with van der Waals surface area (Å²) in [5.74, 6) is 1.80. The van der Waals surface area contributed by atoms with Crippen LogP contribution in [0.5, 0.6) is 0 Å². The van der Waals surface area contributed by atoms with E-state index in [1.807, 2.05) is 0 Å². The van der Waals surface area contributed by atoms with E-state index in [1.165, 1.54) is 51.4 Å². The maximum atomic E-state index is 9.62. The first-order valence-corrected chi connectivity index (χ1v) is 7.99. The van der Waals surface area contributed by atoms with Gasteiger partial charge in [-0.2, -0.15) is 0 Å². The minimum Gasteiger partial charge on any atom is -0.396 e. The monoisotopic (exact) mass is 253 g/mol. The molecule has 2 saturated carbocycles. The molecule has 0 saturated heterocycles. The van der Waals surface area contributed by atoms with Crippen LogP contribution in [0.2, 0.25) is 0 Å². The number of hydrogen-bond donors (Lipinski definition) is 2. The Morgan fingerprint density at radius 2 is 1.72 bits per heavy atom. The van der Waals surface area contributed by atoms with Crippen molar-refractivity contribution >= 4 is 0 Å². The molecule has 0 aliphatic heterocycles. The van der Waals surface area contributed by atoms with Gasteiger partial charge >= 0.3 is 0 Å². The van der Waals surface area contributed by atoms with Crippen molar-refractivity contribution in [3.05, 3.63) is 0 Å². The molecule has 0 radical (unpaired) electrons. The molecule has 0 aromatic heterocycles.